The van der Waals surface area contributed by atoms with E-state index in [1.54, 1.807) is 0 Å². The Morgan fingerprint density at radius 3 is 2.08 bits per heavy atom. The van der Waals surface area contributed by atoms with Gasteiger partial charge in [0.25, 0.3) is 0 Å². The minimum absolute atomic E-state index is 0.0316. The van der Waals surface area contributed by atoms with Gasteiger partial charge in [0.05, 0.1) is 31.5 Å². The van der Waals surface area contributed by atoms with Crippen molar-refractivity contribution in [2.45, 2.75) is 159 Å². The molecule has 2 heterocycles. The lowest BCUT2D eigenvalue weighted by Crippen LogP contribution is -2.62. The number of aliphatic hydroxyl groups excluding tert-OH is 8. The predicted octanol–water partition coefficient (Wildman–Crippen LogP) is 1.06. The molecule has 6 rings (SSSR count). The first kappa shape index (κ1) is 37.3. The Kier molecular flexibility index (Phi) is 11.5. The van der Waals surface area contributed by atoms with E-state index in [-0.39, 0.29) is 53.8 Å². The van der Waals surface area contributed by atoms with Crippen LogP contribution in [0, 0.1) is 46.3 Å². The summed E-state index contributed by atoms with van der Waals surface area (Å²) < 4.78 is 22.6. The Balaban J connectivity index is 1.01. The molecule has 4 saturated carbocycles. The van der Waals surface area contributed by atoms with Crippen LogP contribution in [-0.4, -0.2) is 128 Å². The quantitative estimate of drug-likeness (QED) is 0.120. The van der Waals surface area contributed by atoms with Crippen LogP contribution in [0.3, 0.4) is 0 Å². The molecule has 0 amide bonds. The van der Waals surface area contributed by atoms with Crippen molar-refractivity contribution in [1.29, 1.82) is 0 Å². The standard InChI is InChI=1S/C36H62O12/c1-18(7-5-4-6-12-45-33-31(43)29(41)25(38)16-46-33)21-8-9-22-28-23(15-27(40)36(21,22)3)35(2)11-10-20(13-19(35)14-24(28)37)48-34-32(44)30(42)26(39)17-47-34/h18-34,37-44H,4-17H2,1-3H3/t18-,19+,20-,21-,22+,23+,24-,25-,26-,27+,28+,29+,30+,31-,32-,33-,34+,35+,36-/m1/s1. The van der Waals surface area contributed by atoms with E-state index in [9.17, 15) is 40.9 Å². The van der Waals surface area contributed by atoms with E-state index in [0.29, 0.717) is 31.3 Å². The zero-order valence-electron chi connectivity index (χ0n) is 28.9. The van der Waals surface area contributed by atoms with Gasteiger partial charge in [-0.3, -0.25) is 0 Å². The molecule has 0 aromatic heterocycles. The van der Waals surface area contributed by atoms with E-state index in [1.165, 1.54) is 0 Å². The van der Waals surface area contributed by atoms with Crippen LogP contribution in [0.25, 0.3) is 0 Å². The van der Waals surface area contributed by atoms with Crippen LogP contribution >= 0.6 is 0 Å². The van der Waals surface area contributed by atoms with E-state index in [2.05, 4.69) is 20.8 Å². The van der Waals surface area contributed by atoms with Crippen molar-refractivity contribution in [3.05, 3.63) is 0 Å². The number of hydrogen-bond donors (Lipinski definition) is 8. The number of rotatable bonds is 10. The summed E-state index contributed by atoms with van der Waals surface area (Å²) in [5.41, 5.74) is -0.274. The highest BCUT2D eigenvalue weighted by atomic mass is 16.7. The zero-order valence-corrected chi connectivity index (χ0v) is 28.9. The van der Waals surface area contributed by atoms with Crippen molar-refractivity contribution in [3.63, 3.8) is 0 Å². The maximum absolute atomic E-state index is 12.0. The normalized spacial score (nSPS) is 53.1. The molecule has 12 nitrogen and oxygen atoms in total. The molecule has 0 spiro atoms. The van der Waals surface area contributed by atoms with Gasteiger partial charge in [-0.2, -0.15) is 0 Å². The highest BCUT2D eigenvalue weighted by molar-refractivity contribution is 5.14. The van der Waals surface area contributed by atoms with E-state index >= 15 is 0 Å². The van der Waals surface area contributed by atoms with Crippen LogP contribution in [0.5, 0.6) is 0 Å². The highest BCUT2D eigenvalue weighted by Gasteiger charge is 2.66. The predicted molar refractivity (Wildman–Crippen MR) is 172 cm³/mol. The molecule has 0 aromatic rings. The summed E-state index contributed by atoms with van der Waals surface area (Å²) in [7, 11) is 0. The van der Waals surface area contributed by atoms with Gasteiger partial charge >= 0.3 is 0 Å². The van der Waals surface area contributed by atoms with Crippen LogP contribution in [0.2, 0.25) is 0 Å². The molecule has 0 aromatic carbocycles. The van der Waals surface area contributed by atoms with Crippen molar-refractivity contribution in [2.75, 3.05) is 19.8 Å². The topological polar surface area (TPSA) is 199 Å². The molecule has 0 unspecified atom stereocenters. The van der Waals surface area contributed by atoms with Gasteiger partial charge in [0.2, 0.25) is 0 Å². The molecule has 19 atom stereocenters. The maximum Gasteiger partial charge on any atom is 0.186 e. The fourth-order valence-electron chi connectivity index (χ4n) is 11.4. The molecule has 4 aliphatic carbocycles. The van der Waals surface area contributed by atoms with E-state index < -0.39 is 61.4 Å². The monoisotopic (exact) mass is 686 g/mol. The van der Waals surface area contributed by atoms with Crippen LogP contribution in [0.15, 0.2) is 0 Å². The summed E-state index contributed by atoms with van der Waals surface area (Å²) in [4.78, 5) is 0. The van der Waals surface area contributed by atoms with E-state index in [0.717, 1.165) is 57.8 Å². The van der Waals surface area contributed by atoms with Gasteiger partial charge < -0.3 is 59.8 Å². The first-order chi connectivity index (χ1) is 22.8. The molecular weight excluding hydrogens is 624 g/mol. The van der Waals surface area contributed by atoms with Crippen molar-refractivity contribution in [2.24, 2.45) is 46.3 Å². The van der Waals surface area contributed by atoms with Crippen molar-refractivity contribution >= 4 is 0 Å². The fourth-order valence-corrected chi connectivity index (χ4v) is 11.4. The minimum atomic E-state index is -1.31. The average Bonchev–Trinajstić information content (AvgIpc) is 3.42. The van der Waals surface area contributed by atoms with Gasteiger partial charge in [0.1, 0.15) is 36.6 Å². The summed E-state index contributed by atoms with van der Waals surface area (Å²) in [6.45, 7) is 7.20. The highest BCUT2D eigenvalue weighted by Crippen LogP contribution is 2.68. The first-order valence-electron chi connectivity index (χ1n) is 18.7. The molecule has 0 radical (unpaired) electrons. The van der Waals surface area contributed by atoms with Crippen LogP contribution in [0.4, 0.5) is 0 Å². The molecule has 278 valence electrons. The molecule has 6 fully saturated rings. The Bertz CT molecular complexity index is 1070. The zero-order chi connectivity index (χ0) is 34.5. The van der Waals surface area contributed by atoms with Gasteiger partial charge in [0.15, 0.2) is 12.6 Å². The third kappa shape index (κ3) is 6.76. The summed E-state index contributed by atoms with van der Waals surface area (Å²) in [6.07, 6.45) is -0.683. The third-order valence-electron chi connectivity index (χ3n) is 14.3. The molecule has 2 saturated heterocycles. The number of fused-ring (bicyclic) bond motifs is 5. The van der Waals surface area contributed by atoms with E-state index in [4.69, 9.17) is 18.9 Å². The van der Waals surface area contributed by atoms with Gasteiger partial charge in [-0.15, -0.1) is 0 Å². The van der Waals surface area contributed by atoms with Crippen molar-refractivity contribution in [1.82, 2.24) is 0 Å². The average molecular weight is 687 g/mol. The van der Waals surface area contributed by atoms with Crippen molar-refractivity contribution in [3.8, 4) is 0 Å². The Morgan fingerprint density at radius 1 is 0.708 bits per heavy atom. The second kappa shape index (κ2) is 14.9. The maximum atomic E-state index is 12.0. The van der Waals surface area contributed by atoms with Crippen LogP contribution < -0.4 is 0 Å². The molecule has 8 N–H and O–H groups in total. The molecule has 0 bridgehead atoms. The molecule has 48 heavy (non-hydrogen) atoms. The molecule has 2 aliphatic heterocycles. The summed E-state index contributed by atoms with van der Waals surface area (Å²) in [5, 5.41) is 83.6. The second-order valence-corrected chi connectivity index (χ2v) is 16.8. The SMILES string of the molecule is C[C@H](CCCCCO[C@@H]1OC[C@@H](O)[C@H](O)[C@H]1O)[C@H]1CC[C@H]2[C@@H]3[C@H](O)C[C@@H]4C[C@H](O[C@@H]5OC[C@@H](O)[C@H](O)[C@H]5O)CC[C@]4(C)[C@H]3C[C@H](O)[C@]12C. The number of unbranched alkanes of at least 4 members (excludes halogenated alkanes) is 2. The number of aliphatic hydroxyl groups is 8. The summed E-state index contributed by atoms with van der Waals surface area (Å²) in [6, 6.07) is 0. The Labute approximate surface area is 284 Å². The fraction of sp³-hybridized carbons (Fsp3) is 1.00. The number of ether oxygens (including phenoxy) is 4. The van der Waals surface area contributed by atoms with Gasteiger partial charge in [-0.25, -0.2) is 0 Å². The lowest BCUT2D eigenvalue weighted by atomic mass is 9.43. The minimum Gasteiger partial charge on any atom is -0.393 e. The van der Waals surface area contributed by atoms with Gasteiger partial charge in [-0.05, 0) is 97.7 Å². The molecular formula is C36H62O12. The summed E-state index contributed by atoms with van der Waals surface area (Å²) in [5.74, 6) is 1.67. The number of hydrogen-bond acceptors (Lipinski definition) is 12. The smallest absolute Gasteiger partial charge is 0.186 e. The Morgan fingerprint density at radius 2 is 1.38 bits per heavy atom. The van der Waals surface area contributed by atoms with Gasteiger partial charge in [-0.1, -0.05) is 40.0 Å². The van der Waals surface area contributed by atoms with E-state index in [1.807, 2.05) is 0 Å². The second-order valence-electron chi connectivity index (χ2n) is 16.8. The van der Waals surface area contributed by atoms with Crippen LogP contribution in [0.1, 0.15) is 91.4 Å². The van der Waals surface area contributed by atoms with Crippen molar-refractivity contribution < 1.29 is 59.8 Å². The lowest BCUT2D eigenvalue weighted by molar-refractivity contribution is -0.291. The first-order valence-corrected chi connectivity index (χ1v) is 18.7. The lowest BCUT2D eigenvalue weighted by Gasteiger charge is -2.63. The third-order valence-corrected chi connectivity index (χ3v) is 14.3. The largest absolute Gasteiger partial charge is 0.393 e. The summed E-state index contributed by atoms with van der Waals surface area (Å²) >= 11 is 0. The molecule has 12 heteroatoms. The Hall–Kier alpha value is -0.480. The molecule has 6 aliphatic rings. The van der Waals surface area contributed by atoms with Gasteiger partial charge in [0, 0.05) is 6.61 Å². The van der Waals surface area contributed by atoms with Crippen LogP contribution in [-0.2, 0) is 18.9 Å².